The van der Waals surface area contributed by atoms with E-state index >= 15 is 0 Å². The number of hydrogen-bond donors (Lipinski definition) is 1. The number of aromatic nitrogens is 5. The molecule has 122 valence electrons. The number of nitrogens with zero attached hydrogens (tertiary/aromatic N) is 5. The summed E-state index contributed by atoms with van der Waals surface area (Å²) < 4.78 is 9.54. The van der Waals surface area contributed by atoms with Crippen LogP contribution in [0.5, 0.6) is 0 Å². The molecule has 3 heterocycles. The van der Waals surface area contributed by atoms with Gasteiger partial charge in [-0.3, -0.25) is 19.4 Å². The van der Waals surface area contributed by atoms with E-state index in [-0.39, 0.29) is 17.9 Å². The lowest BCUT2D eigenvalue weighted by Crippen LogP contribution is -2.33. The third-order valence-corrected chi connectivity index (χ3v) is 4.46. The average Bonchev–Trinajstić information content (AvgIpc) is 3.15. The zero-order valence-corrected chi connectivity index (χ0v) is 13.1. The van der Waals surface area contributed by atoms with Crippen LogP contribution in [0.2, 0.25) is 0 Å². The Hall–Kier alpha value is -2.22. The predicted octanol–water partition coefficient (Wildman–Crippen LogP) is 1.45. The summed E-state index contributed by atoms with van der Waals surface area (Å²) in [5.74, 6) is 0.235. The van der Waals surface area contributed by atoms with Gasteiger partial charge in [0.1, 0.15) is 6.33 Å². The minimum absolute atomic E-state index is 0.0616. The van der Waals surface area contributed by atoms with Crippen LogP contribution in [0.1, 0.15) is 43.4 Å². The van der Waals surface area contributed by atoms with Gasteiger partial charge in [0.15, 0.2) is 0 Å². The van der Waals surface area contributed by atoms with E-state index in [9.17, 15) is 4.79 Å². The van der Waals surface area contributed by atoms with E-state index in [4.69, 9.17) is 4.74 Å². The van der Waals surface area contributed by atoms with Gasteiger partial charge in [-0.15, -0.1) is 10.2 Å². The lowest BCUT2D eigenvalue weighted by atomic mass is 9.90. The Morgan fingerprint density at radius 1 is 1.39 bits per heavy atom. The second-order valence-electron chi connectivity index (χ2n) is 6.27. The van der Waals surface area contributed by atoms with Gasteiger partial charge >= 0.3 is 0 Å². The molecule has 0 aromatic carbocycles. The van der Waals surface area contributed by atoms with Crippen molar-refractivity contribution < 1.29 is 9.53 Å². The molecule has 2 fully saturated rings. The maximum absolute atomic E-state index is 12.8. The molecule has 23 heavy (non-hydrogen) atoms. The quantitative estimate of drug-likeness (QED) is 0.922. The first kappa shape index (κ1) is 14.4. The molecule has 2 atom stereocenters. The Bertz CT molecular complexity index is 704. The third kappa shape index (κ3) is 2.86. The number of anilines is 1. The number of ether oxygens (including phenoxy) is 1. The molecule has 8 heteroatoms. The van der Waals surface area contributed by atoms with Crippen LogP contribution >= 0.6 is 0 Å². The Morgan fingerprint density at radius 3 is 3.00 bits per heavy atom. The van der Waals surface area contributed by atoms with Crippen molar-refractivity contribution in [1.29, 1.82) is 0 Å². The normalized spacial score (nSPS) is 24.6. The first-order valence-electron chi connectivity index (χ1n) is 8.03. The van der Waals surface area contributed by atoms with Crippen LogP contribution < -0.4 is 5.32 Å². The summed E-state index contributed by atoms with van der Waals surface area (Å²) in [6.45, 7) is 0.668. The van der Waals surface area contributed by atoms with Gasteiger partial charge in [-0.05, 0) is 25.7 Å². The van der Waals surface area contributed by atoms with Crippen molar-refractivity contribution in [1.82, 2.24) is 24.5 Å². The highest BCUT2D eigenvalue weighted by Gasteiger charge is 2.35. The lowest BCUT2D eigenvalue weighted by molar-refractivity contribution is -0.129. The van der Waals surface area contributed by atoms with E-state index in [1.807, 2.05) is 17.8 Å². The molecule has 1 saturated heterocycles. The summed E-state index contributed by atoms with van der Waals surface area (Å²) in [7, 11) is 1.86. The van der Waals surface area contributed by atoms with Crippen LogP contribution in [0.3, 0.4) is 0 Å². The Morgan fingerprint density at radius 2 is 2.26 bits per heavy atom. The first-order valence-corrected chi connectivity index (χ1v) is 8.03. The van der Waals surface area contributed by atoms with Crippen LogP contribution in [0.25, 0.3) is 0 Å². The van der Waals surface area contributed by atoms with Crippen molar-refractivity contribution in [3.05, 3.63) is 24.3 Å². The van der Waals surface area contributed by atoms with Crippen molar-refractivity contribution in [3.8, 4) is 0 Å². The average molecular weight is 316 g/mol. The number of rotatable bonds is 4. The second kappa shape index (κ2) is 5.77. The summed E-state index contributed by atoms with van der Waals surface area (Å²) >= 11 is 0. The fourth-order valence-corrected chi connectivity index (χ4v) is 3.12. The number of aryl methyl sites for hydroxylation is 1. The van der Waals surface area contributed by atoms with Crippen LogP contribution in [0, 0.1) is 5.92 Å². The number of carbonyl (C=O) groups excluding carboxylic acids is 1. The Balaban J connectivity index is 1.52. The van der Waals surface area contributed by atoms with E-state index in [1.54, 1.807) is 17.2 Å². The van der Waals surface area contributed by atoms with E-state index in [0.29, 0.717) is 18.6 Å². The van der Waals surface area contributed by atoms with Gasteiger partial charge in [-0.1, -0.05) is 0 Å². The molecule has 2 aromatic rings. The highest BCUT2D eigenvalue weighted by molar-refractivity contribution is 5.91. The van der Waals surface area contributed by atoms with Gasteiger partial charge in [0, 0.05) is 31.5 Å². The fraction of sp³-hybridized carbons (Fsp3) is 0.600. The van der Waals surface area contributed by atoms with Gasteiger partial charge in [0.25, 0.3) is 0 Å². The summed E-state index contributed by atoms with van der Waals surface area (Å²) in [4.78, 5) is 12.8. The molecular formula is C15H20N6O2. The monoisotopic (exact) mass is 316 g/mol. The van der Waals surface area contributed by atoms with Crippen LogP contribution in [-0.2, 0) is 16.6 Å². The van der Waals surface area contributed by atoms with Crippen LogP contribution in [0.15, 0.2) is 18.7 Å². The van der Waals surface area contributed by atoms with Crippen molar-refractivity contribution in [3.63, 3.8) is 0 Å². The smallest absolute Gasteiger partial charge is 0.232 e. The van der Waals surface area contributed by atoms with Gasteiger partial charge in [-0.25, -0.2) is 0 Å². The fourth-order valence-electron chi connectivity index (χ4n) is 3.12. The molecule has 1 saturated carbocycles. The zero-order valence-electron chi connectivity index (χ0n) is 13.1. The number of amides is 1. The Kier molecular flexibility index (Phi) is 3.60. The number of hydrogen-bond acceptors (Lipinski definition) is 5. The third-order valence-electron chi connectivity index (χ3n) is 4.46. The van der Waals surface area contributed by atoms with Gasteiger partial charge in [0.05, 0.1) is 18.2 Å². The van der Waals surface area contributed by atoms with E-state index in [0.717, 1.165) is 31.2 Å². The molecule has 2 aromatic heterocycles. The van der Waals surface area contributed by atoms with Crippen molar-refractivity contribution in [2.75, 3.05) is 11.9 Å². The first-order chi connectivity index (χ1) is 11.2. The zero-order chi connectivity index (χ0) is 15.8. The summed E-state index contributed by atoms with van der Waals surface area (Å²) in [5.41, 5.74) is 0.941. The summed E-state index contributed by atoms with van der Waals surface area (Å²) in [6.07, 6.45) is 9.01. The van der Waals surface area contributed by atoms with Gasteiger partial charge in [0.2, 0.25) is 11.9 Å². The Labute approximate surface area is 133 Å². The predicted molar refractivity (Wildman–Crippen MR) is 81.5 cm³/mol. The SMILES string of the molecule is Cn1cc([C@@H]2OCCC[C@H]2C(=O)Nc2nncn2C2CC2)cn1. The van der Waals surface area contributed by atoms with E-state index in [2.05, 4.69) is 20.6 Å². The minimum atomic E-state index is -0.255. The summed E-state index contributed by atoms with van der Waals surface area (Å²) in [6, 6.07) is 0.428. The molecule has 1 aliphatic carbocycles. The molecule has 1 aliphatic heterocycles. The topological polar surface area (TPSA) is 86.9 Å². The minimum Gasteiger partial charge on any atom is -0.373 e. The lowest BCUT2D eigenvalue weighted by Gasteiger charge is -2.30. The van der Waals surface area contributed by atoms with Crippen molar-refractivity contribution >= 4 is 11.9 Å². The standard InChI is InChI=1S/C15H20N6O2/c1-20-8-10(7-17-20)13-12(3-2-6-23-13)14(22)18-15-19-16-9-21(15)11-4-5-11/h7-9,11-13H,2-6H2,1H3,(H,18,19,22)/t12-,13+/m1/s1. The van der Waals surface area contributed by atoms with E-state index < -0.39 is 0 Å². The van der Waals surface area contributed by atoms with Crippen LogP contribution in [-0.4, -0.2) is 37.1 Å². The molecule has 1 amide bonds. The van der Waals surface area contributed by atoms with Gasteiger partial charge in [-0.2, -0.15) is 5.10 Å². The highest BCUT2D eigenvalue weighted by Crippen LogP contribution is 2.37. The van der Waals surface area contributed by atoms with Gasteiger partial charge < -0.3 is 4.74 Å². The molecular weight excluding hydrogens is 296 g/mol. The number of nitrogens with one attached hydrogen (secondary N) is 1. The summed E-state index contributed by atoms with van der Waals surface area (Å²) in [5, 5.41) is 15.1. The van der Waals surface area contributed by atoms with Crippen molar-refractivity contribution in [2.45, 2.75) is 37.8 Å². The second-order valence-corrected chi connectivity index (χ2v) is 6.27. The molecule has 2 aliphatic rings. The largest absolute Gasteiger partial charge is 0.373 e. The van der Waals surface area contributed by atoms with E-state index in [1.165, 1.54) is 0 Å². The molecule has 0 bridgehead atoms. The van der Waals surface area contributed by atoms with Crippen molar-refractivity contribution in [2.24, 2.45) is 13.0 Å². The maximum Gasteiger partial charge on any atom is 0.232 e. The molecule has 0 spiro atoms. The molecule has 1 N–H and O–H groups in total. The highest BCUT2D eigenvalue weighted by atomic mass is 16.5. The molecule has 4 rings (SSSR count). The number of carbonyl (C=O) groups is 1. The molecule has 0 radical (unpaired) electrons. The van der Waals surface area contributed by atoms with Crippen LogP contribution in [0.4, 0.5) is 5.95 Å². The molecule has 0 unspecified atom stereocenters. The molecule has 8 nitrogen and oxygen atoms in total. The maximum atomic E-state index is 12.8.